The molecule has 0 radical (unpaired) electrons. The van der Waals surface area contributed by atoms with E-state index in [1.807, 2.05) is 61.5 Å². The summed E-state index contributed by atoms with van der Waals surface area (Å²) in [6.45, 7) is 1.97. The quantitative estimate of drug-likeness (QED) is 0.779. The molecule has 0 bridgehead atoms. The minimum atomic E-state index is -0.273. The number of aryl methyl sites for hydroxylation is 1. The van der Waals surface area contributed by atoms with Crippen LogP contribution in [0.2, 0.25) is 0 Å². The van der Waals surface area contributed by atoms with E-state index in [-0.39, 0.29) is 5.91 Å². The number of nitrogens with one attached hydrogen (secondary N) is 1. The molecule has 0 saturated heterocycles. The molecule has 0 aliphatic carbocycles. The molecule has 3 rings (SSSR count). The molecule has 0 aliphatic rings. The molecule has 0 fully saturated rings. The number of para-hydroxylation sites is 1. The van der Waals surface area contributed by atoms with Crippen LogP contribution in [-0.4, -0.2) is 15.7 Å². The standard InChI is InChI=1S/C17H16N4O/c1-12-6-5-7-13(10-12)20-17(22)15-11-19-21(16(15)18)14-8-3-2-4-9-14/h2-11H,18H2,1H3,(H,20,22). The van der Waals surface area contributed by atoms with Crippen LogP contribution in [0.4, 0.5) is 11.5 Å². The summed E-state index contributed by atoms with van der Waals surface area (Å²) < 4.78 is 1.55. The highest BCUT2D eigenvalue weighted by molar-refractivity contribution is 6.07. The van der Waals surface area contributed by atoms with E-state index >= 15 is 0 Å². The molecule has 110 valence electrons. The number of carbonyl (C=O) groups excluding carboxylic acids is 1. The third-order valence-corrected chi connectivity index (χ3v) is 3.33. The maximum atomic E-state index is 12.3. The van der Waals surface area contributed by atoms with Crippen LogP contribution in [0, 0.1) is 6.92 Å². The number of aromatic nitrogens is 2. The number of benzene rings is 2. The normalized spacial score (nSPS) is 10.4. The maximum Gasteiger partial charge on any atom is 0.261 e. The summed E-state index contributed by atoms with van der Waals surface area (Å²) >= 11 is 0. The molecule has 0 aliphatic heterocycles. The lowest BCUT2D eigenvalue weighted by Gasteiger charge is -2.07. The van der Waals surface area contributed by atoms with Crippen LogP contribution in [0.1, 0.15) is 15.9 Å². The summed E-state index contributed by atoms with van der Waals surface area (Å²) in [6.07, 6.45) is 1.48. The zero-order valence-electron chi connectivity index (χ0n) is 12.2. The Balaban J connectivity index is 1.87. The first-order valence-corrected chi connectivity index (χ1v) is 6.92. The monoisotopic (exact) mass is 292 g/mol. The second kappa shape index (κ2) is 5.73. The highest BCUT2D eigenvalue weighted by Gasteiger charge is 2.16. The van der Waals surface area contributed by atoms with Crippen LogP contribution in [0.25, 0.3) is 5.69 Å². The summed E-state index contributed by atoms with van der Waals surface area (Å²) in [7, 11) is 0. The van der Waals surface area contributed by atoms with Crippen LogP contribution in [-0.2, 0) is 0 Å². The summed E-state index contributed by atoms with van der Waals surface area (Å²) in [5.41, 5.74) is 9.03. The maximum absolute atomic E-state index is 12.3. The number of carbonyl (C=O) groups is 1. The van der Waals surface area contributed by atoms with Crippen molar-refractivity contribution in [3.05, 3.63) is 71.9 Å². The van der Waals surface area contributed by atoms with Crippen molar-refractivity contribution in [3.63, 3.8) is 0 Å². The van der Waals surface area contributed by atoms with E-state index in [1.54, 1.807) is 4.68 Å². The predicted molar refractivity (Wildman–Crippen MR) is 87.1 cm³/mol. The van der Waals surface area contributed by atoms with Crippen molar-refractivity contribution < 1.29 is 4.79 Å². The van der Waals surface area contributed by atoms with E-state index < -0.39 is 0 Å². The summed E-state index contributed by atoms with van der Waals surface area (Å²) in [5, 5.41) is 7.03. The first-order chi connectivity index (χ1) is 10.6. The Labute approximate surface area is 128 Å². The Kier molecular flexibility index (Phi) is 3.62. The van der Waals surface area contributed by atoms with Crippen molar-refractivity contribution in [2.24, 2.45) is 0 Å². The molecule has 0 unspecified atom stereocenters. The second-order valence-electron chi connectivity index (χ2n) is 5.01. The lowest BCUT2D eigenvalue weighted by atomic mass is 10.2. The molecule has 22 heavy (non-hydrogen) atoms. The van der Waals surface area contributed by atoms with E-state index in [0.29, 0.717) is 11.4 Å². The SMILES string of the molecule is Cc1cccc(NC(=O)c2cnn(-c3ccccc3)c2N)c1. The molecule has 0 spiro atoms. The molecule has 3 aromatic rings. The zero-order valence-corrected chi connectivity index (χ0v) is 12.2. The fraction of sp³-hybridized carbons (Fsp3) is 0.0588. The van der Waals surface area contributed by atoms with Gasteiger partial charge in [-0.25, -0.2) is 4.68 Å². The number of nitrogen functional groups attached to an aromatic ring is 1. The minimum Gasteiger partial charge on any atom is -0.383 e. The summed E-state index contributed by atoms with van der Waals surface area (Å²) in [6, 6.07) is 17.1. The molecular weight excluding hydrogens is 276 g/mol. The van der Waals surface area contributed by atoms with Crippen molar-refractivity contribution in [2.75, 3.05) is 11.1 Å². The van der Waals surface area contributed by atoms with Gasteiger partial charge in [0.25, 0.3) is 5.91 Å². The lowest BCUT2D eigenvalue weighted by Crippen LogP contribution is -2.14. The van der Waals surface area contributed by atoms with Crippen LogP contribution in [0.15, 0.2) is 60.8 Å². The van der Waals surface area contributed by atoms with Crippen molar-refractivity contribution >= 4 is 17.4 Å². The lowest BCUT2D eigenvalue weighted by molar-refractivity contribution is 0.102. The van der Waals surface area contributed by atoms with Gasteiger partial charge in [-0.05, 0) is 36.8 Å². The van der Waals surface area contributed by atoms with Gasteiger partial charge < -0.3 is 11.1 Å². The molecule has 1 amide bonds. The van der Waals surface area contributed by atoms with Crippen molar-refractivity contribution in [1.82, 2.24) is 9.78 Å². The van der Waals surface area contributed by atoms with Crippen molar-refractivity contribution in [2.45, 2.75) is 6.92 Å². The molecular formula is C17H16N4O. The van der Waals surface area contributed by atoms with Gasteiger partial charge in [0, 0.05) is 5.69 Å². The Morgan fingerprint density at radius 1 is 1.14 bits per heavy atom. The smallest absolute Gasteiger partial charge is 0.261 e. The summed E-state index contributed by atoms with van der Waals surface area (Å²) in [5.74, 6) is 0.0432. The van der Waals surface area contributed by atoms with Gasteiger partial charge in [-0.1, -0.05) is 30.3 Å². The molecule has 5 nitrogen and oxygen atoms in total. The average molecular weight is 292 g/mol. The molecule has 5 heteroatoms. The Bertz CT molecular complexity index is 809. The highest BCUT2D eigenvalue weighted by Crippen LogP contribution is 2.18. The van der Waals surface area contributed by atoms with Gasteiger partial charge in [0.05, 0.1) is 11.9 Å². The van der Waals surface area contributed by atoms with Crippen molar-refractivity contribution in [3.8, 4) is 5.69 Å². The van der Waals surface area contributed by atoms with E-state index in [2.05, 4.69) is 10.4 Å². The molecule has 1 aromatic heterocycles. The van der Waals surface area contributed by atoms with E-state index in [4.69, 9.17) is 5.73 Å². The van der Waals surface area contributed by atoms with Crippen LogP contribution < -0.4 is 11.1 Å². The number of rotatable bonds is 3. The van der Waals surface area contributed by atoms with Crippen LogP contribution >= 0.6 is 0 Å². The largest absolute Gasteiger partial charge is 0.383 e. The van der Waals surface area contributed by atoms with Crippen LogP contribution in [0.5, 0.6) is 0 Å². The zero-order chi connectivity index (χ0) is 15.5. The topological polar surface area (TPSA) is 72.9 Å². The first-order valence-electron chi connectivity index (χ1n) is 6.92. The van der Waals surface area contributed by atoms with Gasteiger partial charge in [-0.3, -0.25) is 4.79 Å². The highest BCUT2D eigenvalue weighted by atomic mass is 16.1. The van der Waals surface area contributed by atoms with Gasteiger partial charge >= 0.3 is 0 Å². The van der Waals surface area contributed by atoms with Crippen LogP contribution in [0.3, 0.4) is 0 Å². The number of amides is 1. The third-order valence-electron chi connectivity index (χ3n) is 3.33. The van der Waals surface area contributed by atoms with Gasteiger partial charge in [0.2, 0.25) is 0 Å². The predicted octanol–water partition coefficient (Wildman–Crippen LogP) is 3.02. The Morgan fingerprint density at radius 3 is 2.64 bits per heavy atom. The molecule has 0 saturated carbocycles. The van der Waals surface area contributed by atoms with E-state index in [1.165, 1.54) is 6.20 Å². The minimum absolute atomic E-state index is 0.273. The molecule has 3 N–H and O–H groups in total. The number of hydrogen-bond acceptors (Lipinski definition) is 3. The molecule has 0 atom stereocenters. The fourth-order valence-corrected chi connectivity index (χ4v) is 2.23. The van der Waals surface area contributed by atoms with Crippen molar-refractivity contribution in [1.29, 1.82) is 0 Å². The van der Waals surface area contributed by atoms with E-state index in [9.17, 15) is 4.79 Å². The second-order valence-corrected chi connectivity index (χ2v) is 5.01. The van der Waals surface area contributed by atoms with E-state index in [0.717, 1.165) is 16.9 Å². The van der Waals surface area contributed by atoms with Gasteiger partial charge in [0.1, 0.15) is 11.4 Å². The van der Waals surface area contributed by atoms with Gasteiger partial charge in [-0.2, -0.15) is 5.10 Å². The first kappa shape index (κ1) is 13.9. The number of hydrogen-bond donors (Lipinski definition) is 2. The number of nitrogens with two attached hydrogens (primary N) is 1. The molecule has 1 heterocycles. The molecule has 2 aromatic carbocycles. The number of anilines is 2. The van der Waals surface area contributed by atoms with Gasteiger partial charge in [0.15, 0.2) is 0 Å². The average Bonchev–Trinajstić information content (AvgIpc) is 2.90. The Morgan fingerprint density at radius 2 is 1.91 bits per heavy atom. The fourth-order valence-electron chi connectivity index (χ4n) is 2.23. The summed E-state index contributed by atoms with van der Waals surface area (Å²) in [4.78, 5) is 12.3. The third kappa shape index (κ3) is 2.69. The van der Waals surface area contributed by atoms with Gasteiger partial charge in [-0.15, -0.1) is 0 Å². The Hall–Kier alpha value is -3.08. The number of nitrogens with zero attached hydrogens (tertiary/aromatic N) is 2.